The second-order valence-corrected chi connectivity index (χ2v) is 8.26. The normalized spacial score (nSPS) is 17.5. The zero-order valence-corrected chi connectivity index (χ0v) is 14.8. The minimum atomic E-state index is 0.759. The third kappa shape index (κ3) is 2.22. The Balaban J connectivity index is 1.64. The first-order valence-corrected chi connectivity index (χ1v) is 9.66. The van der Waals surface area contributed by atoms with Crippen molar-refractivity contribution in [2.24, 2.45) is 5.92 Å². The summed E-state index contributed by atoms with van der Waals surface area (Å²) in [6.45, 7) is 2.33. The van der Waals surface area contributed by atoms with Gasteiger partial charge in [0.15, 0.2) is 5.65 Å². The Morgan fingerprint density at radius 2 is 2.21 bits per heavy atom. The Hall–Kier alpha value is -1.99. The van der Waals surface area contributed by atoms with Crippen LogP contribution in [0.15, 0.2) is 40.9 Å². The van der Waals surface area contributed by atoms with E-state index >= 15 is 0 Å². The number of rotatable bonds is 2. The molecule has 1 aliphatic rings. The molecule has 24 heavy (non-hydrogen) atoms. The standard InChI is InChI=1S/C17H15N5S2/c1-10-5-6-11-12(8-10)23-15-14(11)16(19-9-18-15)24-17-21-20-13-4-2-3-7-22(13)17/h2-4,7,9-10H,5-6,8H2,1H3/t10-/m1/s1. The highest BCUT2D eigenvalue weighted by atomic mass is 32.2. The summed E-state index contributed by atoms with van der Waals surface area (Å²) in [5.74, 6) is 0.759. The minimum absolute atomic E-state index is 0.759. The van der Waals surface area contributed by atoms with Crippen LogP contribution in [-0.4, -0.2) is 24.6 Å². The SMILES string of the molecule is C[C@@H]1CCc2c(sc3ncnc(Sc4nnc5ccccn45)c23)C1. The summed E-state index contributed by atoms with van der Waals surface area (Å²) in [5, 5.41) is 11.6. The molecule has 0 bridgehead atoms. The van der Waals surface area contributed by atoms with E-state index in [1.54, 1.807) is 18.1 Å². The average Bonchev–Trinajstić information content (AvgIpc) is 3.16. The molecule has 1 aliphatic carbocycles. The number of hydrogen-bond acceptors (Lipinski definition) is 6. The molecular formula is C17H15N5S2. The molecule has 1 atom stereocenters. The molecule has 0 N–H and O–H groups in total. The molecule has 5 rings (SSSR count). The van der Waals surface area contributed by atoms with Crippen molar-refractivity contribution < 1.29 is 0 Å². The van der Waals surface area contributed by atoms with Crippen molar-refractivity contribution in [3.05, 3.63) is 41.2 Å². The predicted molar refractivity (Wildman–Crippen MR) is 95.7 cm³/mol. The summed E-state index contributed by atoms with van der Waals surface area (Å²) in [4.78, 5) is 11.7. The van der Waals surface area contributed by atoms with Crippen molar-refractivity contribution in [3.63, 3.8) is 0 Å². The van der Waals surface area contributed by atoms with E-state index in [-0.39, 0.29) is 0 Å². The summed E-state index contributed by atoms with van der Waals surface area (Å²) >= 11 is 3.40. The van der Waals surface area contributed by atoms with Gasteiger partial charge in [0.2, 0.25) is 5.16 Å². The van der Waals surface area contributed by atoms with Crippen molar-refractivity contribution >= 4 is 39.0 Å². The summed E-state index contributed by atoms with van der Waals surface area (Å²) < 4.78 is 2.00. The van der Waals surface area contributed by atoms with E-state index in [1.807, 2.05) is 40.1 Å². The van der Waals surface area contributed by atoms with Crippen molar-refractivity contribution in [2.75, 3.05) is 0 Å². The zero-order chi connectivity index (χ0) is 16.1. The third-order valence-corrected chi connectivity index (χ3v) is 6.65. The van der Waals surface area contributed by atoms with Gasteiger partial charge in [-0.2, -0.15) is 0 Å². The summed E-state index contributed by atoms with van der Waals surface area (Å²) in [7, 11) is 0. The fourth-order valence-corrected chi connectivity index (χ4v) is 5.64. The molecule has 0 aliphatic heterocycles. The van der Waals surface area contributed by atoms with E-state index in [9.17, 15) is 0 Å². The van der Waals surface area contributed by atoms with Crippen LogP contribution in [0.5, 0.6) is 0 Å². The molecule has 4 aromatic heterocycles. The van der Waals surface area contributed by atoms with Gasteiger partial charge in [0.05, 0.1) is 0 Å². The number of aromatic nitrogens is 5. The maximum Gasteiger partial charge on any atom is 0.201 e. The lowest BCUT2D eigenvalue weighted by Gasteiger charge is -2.18. The van der Waals surface area contributed by atoms with Crippen LogP contribution in [0.4, 0.5) is 0 Å². The van der Waals surface area contributed by atoms with Crippen LogP contribution in [0, 0.1) is 5.92 Å². The lowest BCUT2D eigenvalue weighted by atomic mass is 9.89. The number of aryl methyl sites for hydroxylation is 1. The molecule has 4 heterocycles. The Morgan fingerprint density at radius 1 is 1.25 bits per heavy atom. The first kappa shape index (κ1) is 14.4. The molecule has 0 amide bonds. The monoisotopic (exact) mass is 353 g/mol. The highest BCUT2D eigenvalue weighted by Crippen LogP contribution is 2.41. The average molecular weight is 353 g/mol. The number of hydrogen-bond donors (Lipinski definition) is 0. The summed E-state index contributed by atoms with van der Waals surface area (Å²) in [6, 6.07) is 5.92. The van der Waals surface area contributed by atoms with E-state index in [2.05, 4.69) is 27.1 Å². The summed E-state index contributed by atoms with van der Waals surface area (Å²) in [6.07, 6.45) is 7.18. The van der Waals surface area contributed by atoms with Crippen LogP contribution in [0.25, 0.3) is 15.9 Å². The lowest BCUT2D eigenvalue weighted by Crippen LogP contribution is -2.08. The molecule has 0 radical (unpaired) electrons. The van der Waals surface area contributed by atoms with E-state index in [0.29, 0.717) is 0 Å². The Morgan fingerprint density at radius 3 is 3.17 bits per heavy atom. The number of nitrogens with zero attached hydrogens (tertiary/aromatic N) is 5. The third-order valence-electron chi connectivity index (χ3n) is 4.53. The zero-order valence-electron chi connectivity index (χ0n) is 13.1. The number of thiophene rings is 1. The maximum atomic E-state index is 4.57. The van der Waals surface area contributed by atoms with Gasteiger partial charge in [-0.15, -0.1) is 21.5 Å². The maximum absolute atomic E-state index is 4.57. The van der Waals surface area contributed by atoms with Crippen molar-refractivity contribution in [3.8, 4) is 0 Å². The van der Waals surface area contributed by atoms with E-state index in [1.165, 1.54) is 22.2 Å². The minimum Gasteiger partial charge on any atom is -0.277 e. The smallest absolute Gasteiger partial charge is 0.201 e. The molecule has 120 valence electrons. The Kier molecular flexibility index (Phi) is 3.31. The van der Waals surface area contributed by atoms with Crippen LogP contribution in [0.1, 0.15) is 23.8 Å². The number of fused-ring (bicyclic) bond motifs is 4. The topological polar surface area (TPSA) is 56.0 Å². The number of pyridine rings is 1. The molecule has 0 saturated heterocycles. The van der Waals surface area contributed by atoms with Crippen LogP contribution in [0.3, 0.4) is 0 Å². The van der Waals surface area contributed by atoms with Gasteiger partial charge in [-0.1, -0.05) is 13.0 Å². The van der Waals surface area contributed by atoms with Gasteiger partial charge in [0, 0.05) is 16.5 Å². The van der Waals surface area contributed by atoms with Crippen LogP contribution in [-0.2, 0) is 12.8 Å². The fourth-order valence-electron chi connectivity index (χ4n) is 3.30. The summed E-state index contributed by atoms with van der Waals surface area (Å²) in [5.41, 5.74) is 2.30. The van der Waals surface area contributed by atoms with Crippen LogP contribution in [0.2, 0.25) is 0 Å². The highest BCUT2D eigenvalue weighted by Gasteiger charge is 2.24. The van der Waals surface area contributed by atoms with Crippen molar-refractivity contribution in [1.82, 2.24) is 24.6 Å². The molecular weight excluding hydrogens is 338 g/mol. The van der Waals surface area contributed by atoms with Crippen LogP contribution < -0.4 is 0 Å². The Labute approximate surface area is 147 Å². The van der Waals surface area contributed by atoms with E-state index in [4.69, 9.17) is 0 Å². The van der Waals surface area contributed by atoms with E-state index < -0.39 is 0 Å². The van der Waals surface area contributed by atoms with Crippen molar-refractivity contribution in [2.45, 2.75) is 36.4 Å². The highest BCUT2D eigenvalue weighted by molar-refractivity contribution is 7.99. The van der Waals surface area contributed by atoms with Gasteiger partial charge in [-0.05, 0) is 54.6 Å². The van der Waals surface area contributed by atoms with Crippen LogP contribution >= 0.6 is 23.1 Å². The molecule has 0 aromatic carbocycles. The molecule has 4 aromatic rings. The second kappa shape index (κ2) is 5.53. The van der Waals surface area contributed by atoms with Gasteiger partial charge < -0.3 is 0 Å². The molecule has 0 fully saturated rings. The quantitative estimate of drug-likeness (QED) is 0.510. The first-order chi connectivity index (χ1) is 11.8. The first-order valence-electron chi connectivity index (χ1n) is 8.02. The molecule has 0 spiro atoms. The van der Waals surface area contributed by atoms with E-state index in [0.717, 1.165) is 39.4 Å². The van der Waals surface area contributed by atoms with Gasteiger partial charge in [0.1, 0.15) is 16.2 Å². The lowest BCUT2D eigenvalue weighted by molar-refractivity contribution is 0.509. The largest absolute Gasteiger partial charge is 0.277 e. The second-order valence-electron chi connectivity index (χ2n) is 6.22. The molecule has 0 unspecified atom stereocenters. The molecule has 5 nitrogen and oxygen atoms in total. The van der Waals surface area contributed by atoms with Gasteiger partial charge in [-0.25, -0.2) is 9.97 Å². The predicted octanol–water partition coefficient (Wildman–Crippen LogP) is 4.01. The van der Waals surface area contributed by atoms with Crippen molar-refractivity contribution in [1.29, 1.82) is 0 Å². The van der Waals surface area contributed by atoms with Gasteiger partial charge in [-0.3, -0.25) is 4.40 Å². The Bertz CT molecular complexity index is 1050. The molecule has 0 saturated carbocycles. The van der Waals surface area contributed by atoms with Gasteiger partial charge in [0.25, 0.3) is 0 Å². The fraction of sp³-hybridized carbons (Fsp3) is 0.294. The molecule has 7 heteroatoms. The van der Waals surface area contributed by atoms with Gasteiger partial charge >= 0.3 is 0 Å².